The third kappa shape index (κ3) is 3.59. The summed E-state index contributed by atoms with van der Waals surface area (Å²) in [4.78, 5) is 11.6. The zero-order valence-electron chi connectivity index (χ0n) is 11.3. The highest BCUT2D eigenvalue weighted by Crippen LogP contribution is 2.30. The number of nitrogens with zero attached hydrogens (tertiary/aromatic N) is 2. The second-order valence-electron chi connectivity index (χ2n) is 4.62. The van der Waals surface area contributed by atoms with Crippen molar-refractivity contribution in [3.05, 3.63) is 17.8 Å². The number of rotatable bonds is 5. The van der Waals surface area contributed by atoms with Crippen molar-refractivity contribution in [2.75, 3.05) is 18.1 Å². The molecule has 0 aliphatic heterocycles. The van der Waals surface area contributed by atoms with Crippen LogP contribution in [0.4, 0.5) is 5.82 Å². The fourth-order valence-corrected chi connectivity index (χ4v) is 3.28. The first-order valence-electron chi connectivity index (χ1n) is 6.66. The molecule has 1 amide bonds. The molecule has 104 valence electrons. The van der Waals surface area contributed by atoms with Gasteiger partial charge in [-0.2, -0.15) is 11.8 Å². The Morgan fingerprint density at radius 3 is 2.89 bits per heavy atom. The van der Waals surface area contributed by atoms with Gasteiger partial charge >= 0.3 is 0 Å². The van der Waals surface area contributed by atoms with Crippen molar-refractivity contribution in [2.24, 2.45) is 0 Å². The lowest BCUT2D eigenvalue weighted by Gasteiger charge is -2.19. The zero-order valence-corrected chi connectivity index (χ0v) is 12.2. The molecule has 0 aromatic carbocycles. The summed E-state index contributed by atoms with van der Waals surface area (Å²) in [5.74, 6) is 0.573. The fraction of sp³-hybridized carbons (Fsp3) is 0.615. The molecule has 19 heavy (non-hydrogen) atoms. The number of anilines is 1. The zero-order chi connectivity index (χ0) is 13.7. The average molecular weight is 280 g/mol. The Morgan fingerprint density at radius 1 is 1.42 bits per heavy atom. The Bertz CT molecular complexity index is 423. The molecule has 0 radical (unpaired) electrons. The SMILES string of the molecule is CCNC(=O)c1ccc(NC2CCCC2SC)nn1. The number of hydrogen-bond acceptors (Lipinski definition) is 5. The van der Waals surface area contributed by atoms with Gasteiger partial charge in [0.15, 0.2) is 5.69 Å². The number of aromatic nitrogens is 2. The molecular formula is C13H20N4OS. The molecule has 0 spiro atoms. The summed E-state index contributed by atoms with van der Waals surface area (Å²) in [6.45, 7) is 2.47. The Kier molecular flexibility index (Phi) is 5.01. The smallest absolute Gasteiger partial charge is 0.271 e. The van der Waals surface area contributed by atoms with Crippen LogP contribution in [-0.4, -0.2) is 40.2 Å². The molecule has 0 saturated heterocycles. The summed E-state index contributed by atoms with van der Waals surface area (Å²) in [5, 5.41) is 14.8. The van der Waals surface area contributed by atoms with E-state index in [0.29, 0.717) is 23.5 Å². The maximum atomic E-state index is 11.6. The Balaban J connectivity index is 1.97. The lowest BCUT2D eigenvalue weighted by molar-refractivity contribution is 0.0950. The summed E-state index contributed by atoms with van der Waals surface area (Å²) < 4.78 is 0. The van der Waals surface area contributed by atoms with E-state index in [0.717, 1.165) is 5.82 Å². The van der Waals surface area contributed by atoms with Gasteiger partial charge in [-0.15, -0.1) is 10.2 Å². The molecule has 2 rings (SSSR count). The van der Waals surface area contributed by atoms with E-state index in [2.05, 4.69) is 27.1 Å². The van der Waals surface area contributed by atoms with Crippen molar-refractivity contribution in [1.29, 1.82) is 0 Å². The van der Waals surface area contributed by atoms with Crippen molar-refractivity contribution in [3.63, 3.8) is 0 Å². The standard InChI is InChI=1S/C13H20N4OS/c1-3-14-13(18)10-7-8-12(17-16-10)15-9-5-4-6-11(9)19-2/h7-9,11H,3-6H2,1-2H3,(H,14,18)(H,15,17). The lowest BCUT2D eigenvalue weighted by Crippen LogP contribution is -2.27. The predicted octanol–water partition coefficient (Wildman–Crippen LogP) is 1.92. The van der Waals surface area contributed by atoms with Gasteiger partial charge in [-0.1, -0.05) is 6.42 Å². The first-order valence-corrected chi connectivity index (χ1v) is 7.94. The fourth-order valence-electron chi connectivity index (χ4n) is 2.34. The molecule has 1 saturated carbocycles. The van der Waals surface area contributed by atoms with E-state index in [1.165, 1.54) is 19.3 Å². The summed E-state index contributed by atoms with van der Waals surface area (Å²) in [7, 11) is 0. The summed E-state index contributed by atoms with van der Waals surface area (Å²) >= 11 is 1.90. The molecule has 6 heteroatoms. The normalized spacial score (nSPS) is 22.2. The van der Waals surface area contributed by atoms with E-state index in [9.17, 15) is 4.79 Å². The van der Waals surface area contributed by atoms with Gasteiger partial charge in [0.1, 0.15) is 5.82 Å². The van der Waals surface area contributed by atoms with E-state index in [4.69, 9.17) is 0 Å². The molecule has 1 aromatic heterocycles. The summed E-state index contributed by atoms with van der Waals surface area (Å²) in [6, 6.07) is 4.00. The molecule has 0 bridgehead atoms. The molecule has 1 aliphatic carbocycles. The number of hydrogen-bond donors (Lipinski definition) is 2. The first kappa shape index (κ1) is 14.1. The van der Waals surface area contributed by atoms with Crippen molar-refractivity contribution < 1.29 is 4.79 Å². The van der Waals surface area contributed by atoms with Crippen LogP contribution in [0.5, 0.6) is 0 Å². The highest BCUT2D eigenvalue weighted by atomic mass is 32.2. The van der Waals surface area contributed by atoms with Gasteiger partial charge in [0.2, 0.25) is 0 Å². The molecule has 5 nitrogen and oxygen atoms in total. The van der Waals surface area contributed by atoms with Gasteiger partial charge in [0.25, 0.3) is 5.91 Å². The number of amides is 1. The van der Waals surface area contributed by atoms with Crippen LogP contribution in [0.1, 0.15) is 36.7 Å². The van der Waals surface area contributed by atoms with Crippen LogP contribution < -0.4 is 10.6 Å². The van der Waals surface area contributed by atoms with Crippen LogP contribution in [0, 0.1) is 0 Å². The molecular weight excluding hydrogens is 260 g/mol. The summed E-state index contributed by atoms with van der Waals surface area (Å²) in [5.41, 5.74) is 0.361. The van der Waals surface area contributed by atoms with Crippen LogP contribution in [0.25, 0.3) is 0 Å². The van der Waals surface area contributed by atoms with Gasteiger partial charge in [0, 0.05) is 17.8 Å². The van der Waals surface area contributed by atoms with E-state index < -0.39 is 0 Å². The Morgan fingerprint density at radius 2 is 2.26 bits per heavy atom. The number of carbonyl (C=O) groups excluding carboxylic acids is 1. The van der Waals surface area contributed by atoms with Gasteiger partial charge in [-0.25, -0.2) is 0 Å². The van der Waals surface area contributed by atoms with E-state index in [1.807, 2.05) is 24.8 Å². The van der Waals surface area contributed by atoms with E-state index >= 15 is 0 Å². The van der Waals surface area contributed by atoms with Gasteiger partial charge in [0.05, 0.1) is 0 Å². The molecule has 2 unspecified atom stereocenters. The molecule has 2 atom stereocenters. The van der Waals surface area contributed by atoms with Crippen molar-refractivity contribution in [1.82, 2.24) is 15.5 Å². The minimum Gasteiger partial charge on any atom is -0.365 e. The van der Waals surface area contributed by atoms with Crippen LogP contribution in [-0.2, 0) is 0 Å². The topological polar surface area (TPSA) is 66.9 Å². The largest absolute Gasteiger partial charge is 0.365 e. The maximum absolute atomic E-state index is 11.6. The van der Waals surface area contributed by atoms with E-state index in [1.54, 1.807) is 6.07 Å². The van der Waals surface area contributed by atoms with Crippen LogP contribution in [0.2, 0.25) is 0 Å². The predicted molar refractivity (Wildman–Crippen MR) is 78.6 cm³/mol. The van der Waals surface area contributed by atoms with Gasteiger partial charge in [-0.05, 0) is 38.2 Å². The quantitative estimate of drug-likeness (QED) is 0.862. The third-order valence-electron chi connectivity index (χ3n) is 3.32. The monoisotopic (exact) mass is 280 g/mol. The second kappa shape index (κ2) is 6.75. The molecule has 1 aliphatic rings. The molecule has 1 aromatic rings. The Labute approximate surface area is 118 Å². The van der Waals surface area contributed by atoms with Crippen LogP contribution in [0.3, 0.4) is 0 Å². The first-order chi connectivity index (χ1) is 9.24. The van der Waals surface area contributed by atoms with Gasteiger partial charge in [-0.3, -0.25) is 4.79 Å². The Hall–Kier alpha value is -1.30. The van der Waals surface area contributed by atoms with Crippen LogP contribution in [0.15, 0.2) is 12.1 Å². The van der Waals surface area contributed by atoms with Crippen molar-refractivity contribution in [2.45, 2.75) is 37.5 Å². The number of nitrogens with one attached hydrogen (secondary N) is 2. The summed E-state index contributed by atoms with van der Waals surface area (Å²) in [6.07, 6.45) is 5.83. The minimum atomic E-state index is -0.176. The average Bonchev–Trinajstić information content (AvgIpc) is 2.87. The van der Waals surface area contributed by atoms with Crippen molar-refractivity contribution >= 4 is 23.5 Å². The van der Waals surface area contributed by atoms with E-state index in [-0.39, 0.29) is 5.91 Å². The number of carbonyl (C=O) groups is 1. The third-order valence-corrected chi connectivity index (χ3v) is 4.49. The minimum absolute atomic E-state index is 0.176. The lowest BCUT2D eigenvalue weighted by atomic mass is 10.2. The van der Waals surface area contributed by atoms with Gasteiger partial charge < -0.3 is 10.6 Å². The number of thioether (sulfide) groups is 1. The highest BCUT2D eigenvalue weighted by Gasteiger charge is 2.26. The molecule has 2 N–H and O–H groups in total. The maximum Gasteiger partial charge on any atom is 0.271 e. The molecule has 1 heterocycles. The van der Waals surface area contributed by atoms with Crippen LogP contribution >= 0.6 is 11.8 Å². The second-order valence-corrected chi connectivity index (χ2v) is 5.70. The van der Waals surface area contributed by atoms with Crippen molar-refractivity contribution in [3.8, 4) is 0 Å². The molecule has 1 fully saturated rings. The highest BCUT2D eigenvalue weighted by molar-refractivity contribution is 7.99.